The second-order valence-electron chi connectivity index (χ2n) is 2.62. The molecule has 0 aliphatic carbocycles. The maximum atomic E-state index is 12.6. The van der Waals surface area contributed by atoms with Crippen LogP contribution in [0.25, 0.3) is 0 Å². The number of alkyl halides is 3. The lowest BCUT2D eigenvalue weighted by Crippen LogP contribution is -2.05. The summed E-state index contributed by atoms with van der Waals surface area (Å²) in [5, 5.41) is 10.5. The van der Waals surface area contributed by atoms with Gasteiger partial charge in [-0.15, -0.1) is 0 Å². The number of nitrogens with two attached hydrogens (primary N) is 1. The molecular weight excluding hydrogens is 276 g/mol. The van der Waals surface area contributed by atoms with E-state index in [1.54, 1.807) is 0 Å². The lowest BCUT2D eigenvalue weighted by Gasteiger charge is -2.07. The predicted molar refractivity (Wildman–Crippen MR) is 52.9 cm³/mol. The van der Waals surface area contributed by atoms with E-state index in [-0.39, 0.29) is 16.8 Å². The van der Waals surface area contributed by atoms with E-state index in [0.717, 1.165) is 6.07 Å². The van der Waals surface area contributed by atoms with Crippen LogP contribution in [-0.4, -0.2) is 9.91 Å². The molecule has 1 rings (SSSR count). The van der Waals surface area contributed by atoms with Crippen LogP contribution in [0.2, 0.25) is 0 Å². The van der Waals surface area contributed by atoms with Gasteiger partial charge in [-0.1, -0.05) is 15.9 Å². The van der Waals surface area contributed by atoms with Crippen molar-refractivity contribution in [1.82, 2.24) is 4.98 Å². The summed E-state index contributed by atoms with van der Waals surface area (Å²) in [6, 6.07) is 0.827. The Morgan fingerprint density at radius 2 is 2.27 bits per heavy atom. The molecular formula is C7H6BrF2N3O2. The van der Waals surface area contributed by atoms with Gasteiger partial charge in [0, 0.05) is 5.33 Å². The van der Waals surface area contributed by atoms with Gasteiger partial charge in [0.25, 0.3) is 12.1 Å². The second kappa shape index (κ2) is 4.47. The van der Waals surface area contributed by atoms with Crippen molar-refractivity contribution < 1.29 is 13.7 Å². The molecule has 5 nitrogen and oxygen atoms in total. The molecule has 0 unspecified atom stereocenters. The Morgan fingerprint density at radius 3 is 2.67 bits per heavy atom. The number of hydrogen-bond acceptors (Lipinski definition) is 4. The number of hydrogen-bond donors (Lipinski definition) is 1. The minimum absolute atomic E-state index is 0.0153. The van der Waals surface area contributed by atoms with Gasteiger partial charge in [-0.2, -0.15) is 0 Å². The van der Waals surface area contributed by atoms with E-state index in [2.05, 4.69) is 20.9 Å². The maximum absolute atomic E-state index is 12.6. The summed E-state index contributed by atoms with van der Waals surface area (Å²) in [5.41, 5.74) is 3.76. The van der Waals surface area contributed by atoms with Crippen LogP contribution in [-0.2, 0) is 5.33 Å². The topological polar surface area (TPSA) is 82.0 Å². The van der Waals surface area contributed by atoms with Crippen molar-refractivity contribution in [2.45, 2.75) is 11.8 Å². The number of aromatic nitrogens is 1. The molecule has 0 saturated carbocycles. The average molecular weight is 282 g/mol. The van der Waals surface area contributed by atoms with Crippen molar-refractivity contribution in [3.8, 4) is 0 Å². The highest BCUT2D eigenvalue weighted by molar-refractivity contribution is 9.08. The van der Waals surface area contributed by atoms with Gasteiger partial charge in [0.15, 0.2) is 0 Å². The van der Waals surface area contributed by atoms with Crippen molar-refractivity contribution in [1.29, 1.82) is 0 Å². The maximum Gasteiger partial charge on any atom is 0.283 e. The fraction of sp³-hybridized carbons (Fsp3) is 0.286. The molecule has 0 fully saturated rings. The highest BCUT2D eigenvalue weighted by Gasteiger charge is 2.26. The van der Waals surface area contributed by atoms with Crippen LogP contribution in [0.3, 0.4) is 0 Å². The number of nitrogen functional groups attached to an aromatic ring is 1. The first-order valence-corrected chi connectivity index (χ1v) is 4.87. The third kappa shape index (κ3) is 2.38. The Labute approximate surface area is 91.6 Å². The van der Waals surface area contributed by atoms with E-state index in [9.17, 15) is 18.9 Å². The molecule has 0 aromatic carbocycles. The largest absolute Gasteiger partial charge is 0.383 e. The molecule has 0 spiro atoms. The van der Waals surface area contributed by atoms with Gasteiger partial charge in [0.2, 0.25) is 0 Å². The number of nitrogens with zero attached hydrogens (tertiary/aromatic N) is 2. The zero-order valence-electron chi connectivity index (χ0n) is 7.28. The van der Waals surface area contributed by atoms with Crippen molar-refractivity contribution in [3.05, 3.63) is 27.4 Å². The fourth-order valence-corrected chi connectivity index (χ4v) is 1.53. The van der Waals surface area contributed by atoms with E-state index in [4.69, 9.17) is 5.73 Å². The van der Waals surface area contributed by atoms with E-state index in [1.165, 1.54) is 0 Å². The minimum atomic E-state index is -2.95. The summed E-state index contributed by atoms with van der Waals surface area (Å²) < 4.78 is 25.1. The van der Waals surface area contributed by atoms with Gasteiger partial charge in [0.1, 0.15) is 11.4 Å². The monoisotopic (exact) mass is 281 g/mol. The van der Waals surface area contributed by atoms with Gasteiger partial charge < -0.3 is 5.73 Å². The Hall–Kier alpha value is -1.31. The molecule has 2 N–H and O–H groups in total. The van der Waals surface area contributed by atoms with E-state index in [0.29, 0.717) is 0 Å². The summed E-state index contributed by atoms with van der Waals surface area (Å²) in [6.07, 6.45) is -2.95. The first kappa shape index (κ1) is 11.8. The zero-order chi connectivity index (χ0) is 11.6. The lowest BCUT2D eigenvalue weighted by molar-refractivity contribution is -0.386. The third-order valence-electron chi connectivity index (χ3n) is 1.68. The van der Waals surface area contributed by atoms with Crippen LogP contribution in [0.15, 0.2) is 6.07 Å². The number of anilines is 1. The average Bonchev–Trinajstić information content (AvgIpc) is 2.15. The molecule has 0 atom stereocenters. The van der Waals surface area contributed by atoms with Gasteiger partial charge in [-0.25, -0.2) is 13.8 Å². The normalized spacial score (nSPS) is 10.7. The highest BCUT2D eigenvalue weighted by Crippen LogP contribution is 2.33. The molecule has 82 valence electrons. The van der Waals surface area contributed by atoms with E-state index < -0.39 is 22.6 Å². The summed E-state index contributed by atoms with van der Waals surface area (Å²) in [6.45, 7) is 0. The van der Waals surface area contributed by atoms with Crippen molar-refractivity contribution in [3.63, 3.8) is 0 Å². The number of pyridine rings is 1. The Morgan fingerprint density at radius 1 is 1.67 bits per heavy atom. The smallest absolute Gasteiger partial charge is 0.283 e. The third-order valence-corrected chi connectivity index (χ3v) is 2.21. The number of halogens is 3. The second-order valence-corrected chi connectivity index (χ2v) is 3.18. The molecule has 0 saturated heterocycles. The Kier molecular flexibility index (Phi) is 3.51. The van der Waals surface area contributed by atoms with Crippen LogP contribution in [0, 0.1) is 10.1 Å². The van der Waals surface area contributed by atoms with Gasteiger partial charge >= 0.3 is 0 Å². The molecule has 0 amide bonds. The van der Waals surface area contributed by atoms with Crippen molar-refractivity contribution in [2.75, 3.05) is 5.73 Å². The predicted octanol–water partition coefficient (Wildman–Crippen LogP) is 2.40. The Bertz CT molecular complexity index is 400. The van der Waals surface area contributed by atoms with Crippen LogP contribution >= 0.6 is 15.9 Å². The SMILES string of the molecule is Nc1cc([N+](=O)[O-])c(C(F)F)c(CBr)n1. The van der Waals surface area contributed by atoms with Gasteiger partial charge in [0.05, 0.1) is 16.7 Å². The van der Waals surface area contributed by atoms with Crippen LogP contribution in [0.1, 0.15) is 17.7 Å². The standard InChI is InChI=1S/C7H6BrF2N3O2/c8-2-3-6(7(9)10)4(13(14)15)1-5(11)12-3/h1,7H,2H2,(H2,11,12). The molecule has 1 aromatic heterocycles. The first-order valence-electron chi connectivity index (χ1n) is 3.75. The van der Waals surface area contributed by atoms with E-state index >= 15 is 0 Å². The Balaban J connectivity index is 3.47. The van der Waals surface area contributed by atoms with Crippen molar-refractivity contribution in [2.24, 2.45) is 0 Å². The van der Waals surface area contributed by atoms with Crippen molar-refractivity contribution >= 4 is 27.4 Å². The van der Waals surface area contributed by atoms with Gasteiger partial charge in [-0.05, 0) is 0 Å². The summed E-state index contributed by atoms with van der Waals surface area (Å²) in [7, 11) is 0. The van der Waals surface area contributed by atoms with Crippen LogP contribution < -0.4 is 5.73 Å². The van der Waals surface area contributed by atoms with Crippen LogP contribution in [0.4, 0.5) is 20.3 Å². The number of nitro groups is 1. The first-order chi connectivity index (χ1) is 6.97. The fourth-order valence-electron chi connectivity index (χ4n) is 1.10. The van der Waals surface area contributed by atoms with Gasteiger partial charge in [-0.3, -0.25) is 10.1 Å². The molecule has 0 radical (unpaired) electrons. The highest BCUT2D eigenvalue weighted by atomic mass is 79.9. The summed E-state index contributed by atoms with van der Waals surface area (Å²) in [5.74, 6) is -0.152. The molecule has 1 heterocycles. The van der Waals surface area contributed by atoms with Crippen LogP contribution in [0.5, 0.6) is 0 Å². The number of rotatable bonds is 3. The molecule has 1 aromatic rings. The quantitative estimate of drug-likeness (QED) is 0.524. The zero-order valence-corrected chi connectivity index (χ0v) is 8.87. The molecule has 0 aliphatic heterocycles. The lowest BCUT2D eigenvalue weighted by atomic mass is 10.1. The summed E-state index contributed by atoms with van der Waals surface area (Å²) in [4.78, 5) is 13.2. The molecule has 8 heteroatoms. The summed E-state index contributed by atoms with van der Waals surface area (Å²) >= 11 is 2.92. The molecule has 0 bridgehead atoms. The van der Waals surface area contributed by atoms with E-state index in [1.807, 2.05) is 0 Å². The minimum Gasteiger partial charge on any atom is -0.383 e. The molecule has 0 aliphatic rings. The molecule has 15 heavy (non-hydrogen) atoms.